The van der Waals surface area contributed by atoms with Crippen molar-refractivity contribution in [2.24, 2.45) is 0 Å². The Bertz CT molecular complexity index is 595. The molecule has 3 rings (SSSR count). The Morgan fingerprint density at radius 2 is 2.20 bits per heavy atom. The lowest BCUT2D eigenvalue weighted by atomic mass is 10.3. The highest BCUT2D eigenvalue weighted by atomic mass is 16.5. The van der Waals surface area contributed by atoms with Crippen LogP contribution in [0.15, 0.2) is 30.5 Å². The molecule has 1 aliphatic rings. The number of carbonyl (C=O) groups excluding carboxylic acids is 1. The van der Waals surface area contributed by atoms with E-state index in [4.69, 9.17) is 4.74 Å². The van der Waals surface area contributed by atoms with Gasteiger partial charge in [0, 0.05) is 25.0 Å². The summed E-state index contributed by atoms with van der Waals surface area (Å²) in [5, 5.41) is 5.99. The summed E-state index contributed by atoms with van der Waals surface area (Å²) in [7, 11) is 1.61. The van der Waals surface area contributed by atoms with Crippen LogP contribution in [0.25, 0.3) is 0 Å². The van der Waals surface area contributed by atoms with Gasteiger partial charge in [0.25, 0.3) is 5.91 Å². The number of nitrogens with zero attached hydrogens (tertiary/aromatic N) is 2. The maximum absolute atomic E-state index is 12.1. The standard InChI is InChI=1S/C14H16N4O2/c1-20-11-5-3-10(4-6-11)16-13(19)12-9-18-8-2-7-15-14(18)17-12/h3-6,9H,2,7-8H2,1H3,(H,15,17)(H,16,19). The molecule has 0 bridgehead atoms. The average molecular weight is 272 g/mol. The molecule has 0 fully saturated rings. The van der Waals surface area contributed by atoms with E-state index in [1.54, 1.807) is 37.6 Å². The van der Waals surface area contributed by atoms with Crippen molar-refractivity contribution in [3.63, 3.8) is 0 Å². The second-order valence-corrected chi connectivity index (χ2v) is 4.61. The van der Waals surface area contributed by atoms with Crippen LogP contribution < -0.4 is 15.4 Å². The van der Waals surface area contributed by atoms with Crippen LogP contribution in [0.4, 0.5) is 11.6 Å². The molecule has 0 aliphatic carbocycles. The third-order valence-corrected chi connectivity index (χ3v) is 3.22. The summed E-state index contributed by atoms with van der Waals surface area (Å²) in [6, 6.07) is 7.20. The number of amides is 1. The molecule has 6 heteroatoms. The van der Waals surface area contributed by atoms with Crippen LogP contribution >= 0.6 is 0 Å². The molecule has 2 heterocycles. The van der Waals surface area contributed by atoms with E-state index < -0.39 is 0 Å². The normalized spacial score (nSPS) is 13.2. The number of carbonyl (C=O) groups is 1. The highest BCUT2D eigenvalue weighted by molar-refractivity contribution is 6.03. The number of aromatic nitrogens is 2. The van der Waals surface area contributed by atoms with Gasteiger partial charge < -0.3 is 19.9 Å². The molecule has 0 saturated carbocycles. The highest BCUT2D eigenvalue weighted by Crippen LogP contribution is 2.17. The fourth-order valence-corrected chi connectivity index (χ4v) is 2.16. The van der Waals surface area contributed by atoms with Crippen LogP contribution in [0.2, 0.25) is 0 Å². The first kappa shape index (κ1) is 12.5. The summed E-state index contributed by atoms with van der Waals surface area (Å²) in [5.41, 5.74) is 1.14. The van der Waals surface area contributed by atoms with Crippen molar-refractivity contribution < 1.29 is 9.53 Å². The third kappa shape index (κ3) is 2.45. The van der Waals surface area contributed by atoms with Gasteiger partial charge in [-0.2, -0.15) is 0 Å². The van der Waals surface area contributed by atoms with E-state index in [9.17, 15) is 4.79 Å². The largest absolute Gasteiger partial charge is 0.497 e. The number of aryl methyl sites for hydroxylation is 1. The van der Waals surface area contributed by atoms with Gasteiger partial charge in [-0.1, -0.05) is 0 Å². The Hall–Kier alpha value is -2.50. The predicted molar refractivity (Wildman–Crippen MR) is 76.3 cm³/mol. The Kier molecular flexibility index (Phi) is 3.28. The zero-order valence-corrected chi connectivity index (χ0v) is 11.2. The number of hydrogen-bond acceptors (Lipinski definition) is 4. The van der Waals surface area contributed by atoms with Gasteiger partial charge in [0.2, 0.25) is 5.95 Å². The van der Waals surface area contributed by atoms with Gasteiger partial charge in [-0.3, -0.25) is 4.79 Å². The quantitative estimate of drug-likeness (QED) is 0.896. The van der Waals surface area contributed by atoms with Crippen LogP contribution in [-0.4, -0.2) is 29.1 Å². The van der Waals surface area contributed by atoms with Crippen molar-refractivity contribution >= 4 is 17.5 Å². The molecule has 1 aromatic heterocycles. The van der Waals surface area contributed by atoms with Gasteiger partial charge in [0.15, 0.2) is 0 Å². The molecular formula is C14H16N4O2. The summed E-state index contributed by atoms with van der Waals surface area (Å²) in [4.78, 5) is 16.4. The van der Waals surface area contributed by atoms with E-state index in [1.807, 2.05) is 4.57 Å². The number of ether oxygens (including phenoxy) is 1. The lowest BCUT2D eigenvalue weighted by molar-refractivity contribution is 0.102. The first-order valence-corrected chi connectivity index (χ1v) is 6.53. The summed E-state index contributed by atoms with van der Waals surface area (Å²) < 4.78 is 7.04. The molecule has 20 heavy (non-hydrogen) atoms. The Balaban J connectivity index is 1.73. The second kappa shape index (κ2) is 5.24. The number of nitrogens with one attached hydrogen (secondary N) is 2. The van der Waals surface area contributed by atoms with E-state index in [2.05, 4.69) is 15.6 Å². The van der Waals surface area contributed by atoms with Crippen LogP contribution in [0, 0.1) is 0 Å². The van der Waals surface area contributed by atoms with Crippen LogP contribution in [0.3, 0.4) is 0 Å². The SMILES string of the molecule is COc1ccc(NC(=O)c2cn3c(n2)NCCC3)cc1. The topological polar surface area (TPSA) is 68.2 Å². The van der Waals surface area contributed by atoms with E-state index in [-0.39, 0.29) is 5.91 Å². The summed E-state index contributed by atoms with van der Waals surface area (Å²) in [6.45, 7) is 1.79. The molecule has 0 atom stereocenters. The smallest absolute Gasteiger partial charge is 0.275 e. The van der Waals surface area contributed by atoms with E-state index in [0.29, 0.717) is 5.69 Å². The molecular weight excluding hydrogens is 256 g/mol. The zero-order chi connectivity index (χ0) is 13.9. The molecule has 1 amide bonds. The molecule has 0 unspecified atom stereocenters. The number of rotatable bonds is 3. The lowest BCUT2D eigenvalue weighted by Crippen LogP contribution is -2.16. The van der Waals surface area contributed by atoms with Crippen LogP contribution in [0.5, 0.6) is 5.75 Å². The molecule has 0 spiro atoms. The fourth-order valence-electron chi connectivity index (χ4n) is 2.16. The summed E-state index contributed by atoms with van der Waals surface area (Å²) in [5.74, 6) is 1.31. The Labute approximate surface area is 116 Å². The van der Waals surface area contributed by atoms with Gasteiger partial charge in [-0.15, -0.1) is 0 Å². The molecule has 2 N–H and O–H groups in total. The fraction of sp³-hybridized carbons (Fsp3) is 0.286. The van der Waals surface area contributed by atoms with Crippen LogP contribution in [0.1, 0.15) is 16.9 Å². The number of benzene rings is 1. The maximum Gasteiger partial charge on any atom is 0.275 e. The molecule has 2 aromatic rings. The number of methoxy groups -OCH3 is 1. The number of anilines is 2. The minimum Gasteiger partial charge on any atom is -0.497 e. The third-order valence-electron chi connectivity index (χ3n) is 3.22. The first-order chi connectivity index (χ1) is 9.76. The number of fused-ring (bicyclic) bond motifs is 1. The summed E-state index contributed by atoms with van der Waals surface area (Å²) in [6.07, 6.45) is 2.82. The van der Waals surface area contributed by atoms with Crippen molar-refractivity contribution in [2.45, 2.75) is 13.0 Å². The lowest BCUT2D eigenvalue weighted by Gasteiger charge is -2.14. The van der Waals surface area contributed by atoms with Gasteiger partial charge in [-0.05, 0) is 30.7 Å². The van der Waals surface area contributed by atoms with Crippen molar-refractivity contribution in [1.82, 2.24) is 9.55 Å². The van der Waals surface area contributed by atoms with Crippen molar-refractivity contribution in [3.05, 3.63) is 36.2 Å². The number of imidazole rings is 1. The van der Waals surface area contributed by atoms with Crippen molar-refractivity contribution in [1.29, 1.82) is 0 Å². The summed E-state index contributed by atoms with van der Waals surface area (Å²) >= 11 is 0. The molecule has 1 aromatic carbocycles. The van der Waals surface area contributed by atoms with Gasteiger partial charge >= 0.3 is 0 Å². The van der Waals surface area contributed by atoms with Crippen molar-refractivity contribution in [2.75, 3.05) is 24.3 Å². The monoisotopic (exact) mass is 272 g/mol. The molecule has 0 saturated heterocycles. The average Bonchev–Trinajstić information content (AvgIpc) is 2.92. The Morgan fingerprint density at radius 3 is 2.90 bits per heavy atom. The molecule has 104 valence electrons. The predicted octanol–water partition coefficient (Wildman–Crippen LogP) is 1.96. The first-order valence-electron chi connectivity index (χ1n) is 6.53. The van der Waals surface area contributed by atoms with Crippen molar-refractivity contribution in [3.8, 4) is 5.75 Å². The van der Waals surface area contributed by atoms with E-state index >= 15 is 0 Å². The molecule has 0 radical (unpaired) electrons. The van der Waals surface area contributed by atoms with Crippen LogP contribution in [-0.2, 0) is 6.54 Å². The minimum atomic E-state index is -0.209. The van der Waals surface area contributed by atoms with E-state index in [0.717, 1.165) is 36.9 Å². The van der Waals surface area contributed by atoms with E-state index in [1.165, 1.54) is 0 Å². The maximum atomic E-state index is 12.1. The minimum absolute atomic E-state index is 0.209. The van der Waals surface area contributed by atoms with Gasteiger partial charge in [0.1, 0.15) is 11.4 Å². The number of hydrogen-bond donors (Lipinski definition) is 2. The van der Waals surface area contributed by atoms with Gasteiger partial charge in [-0.25, -0.2) is 4.98 Å². The van der Waals surface area contributed by atoms with Gasteiger partial charge in [0.05, 0.1) is 7.11 Å². The zero-order valence-electron chi connectivity index (χ0n) is 11.2. The Morgan fingerprint density at radius 1 is 1.40 bits per heavy atom. The highest BCUT2D eigenvalue weighted by Gasteiger charge is 2.16. The molecule has 1 aliphatic heterocycles. The second-order valence-electron chi connectivity index (χ2n) is 4.61. The molecule has 6 nitrogen and oxygen atoms in total.